The van der Waals surface area contributed by atoms with Crippen molar-refractivity contribution in [2.24, 2.45) is 11.3 Å². The van der Waals surface area contributed by atoms with Crippen LogP contribution in [0.3, 0.4) is 0 Å². The molecule has 1 aliphatic carbocycles. The van der Waals surface area contributed by atoms with Crippen molar-refractivity contribution in [2.75, 3.05) is 56.2 Å². The highest BCUT2D eigenvalue weighted by atomic mass is 32.1. The van der Waals surface area contributed by atoms with E-state index in [0.717, 1.165) is 30.8 Å². The molecule has 2 aromatic carbocycles. The summed E-state index contributed by atoms with van der Waals surface area (Å²) in [5.41, 5.74) is 3.99. The van der Waals surface area contributed by atoms with Gasteiger partial charge in [0, 0.05) is 67.4 Å². The second-order valence-electron chi connectivity index (χ2n) is 12.7. The van der Waals surface area contributed by atoms with Gasteiger partial charge in [-0.25, -0.2) is 18.7 Å². The van der Waals surface area contributed by atoms with Gasteiger partial charge in [0.05, 0.1) is 30.0 Å². The zero-order valence-electron chi connectivity index (χ0n) is 24.6. The van der Waals surface area contributed by atoms with Gasteiger partial charge in [-0.05, 0) is 55.7 Å². The molecule has 2 atom stereocenters. The third-order valence-electron chi connectivity index (χ3n) is 9.63. The number of aliphatic hydroxyl groups is 1. The minimum absolute atomic E-state index is 0.0197. The molecular formula is C33H30F2N6O3S. The Bertz CT molecular complexity index is 1890. The zero-order valence-corrected chi connectivity index (χ0v) is 25.4. The smallest absolute Gasteiger partial charge is 0.228 e. The minimum atomic E-state index is -0.799. The second kappa shape index (κ2) is 10.4. The molecule has 8 rings (SSSR count). The number of carbonyl (C=O) groups excluding carboxylic acids is 1. The van der Waals surface area contributed by atoms with Crippen LogP contribution in [0.5, 0.6) is 0 Å². The number of hydrogen-bond donors (Lipinski definition) is 1. The van der Waals surface area contributed by atoms with Crippen molar-refractivity contribution in [1.82, 2.24) is 14.9 Å². The number of ether oxygens (including phenoxy) is 1. The molecule has 9 nitrogen and oxygen atoms in total. The molecule has 4 aromatic rings. The largest absolute Gasteiger partial charge is 0.387 e. The van der Waals surface area contributed by atoms with Gasteiger partial charge in [-0.3, -0.25) is 4.79 Å². The lowest BCUT2D eigenvalue weighted by atomic mass is 9.72. The summed E-state index contributed by atoms with van der Waals surface area (Å²) in [7, 11) is 1.83. The number of hydrogen-bond acceptors (Lipinski definition) is 9. The molecule has 0 radical (unpaired) electrons. The number of amides is 1. The van der Waals surface area contributed by atoms with E-state index in [-0.39, 0.29) is 28.6 Å². The highest BCUT2D eigenvalue weighted by Gasteiger charge is 2.54. The summed E-state index contributed by atoms with van der Waals surface area (Å²) < 4.78 is 34.9. The lowest BCUT2D eigenvalue weighted by Crippen LogP contribution is -2.73. The van der Waals surface area contributed by atoms with Gasteiger partial charge in [0.15, 0.2) is 10.9 Å². The maximum atomic E-state index is 15.9. The van der Waals surface area contributed by atoms with Gasteiger partial charge in [-0.1, -0.05) is 11.3 Å². The Morgan fingerprint density at radius 1 is 1.16 bits per heavy atom. The predicted molar refractivity (Wildman–Crippen MR) is 165 cm³/mol. The average molecular weight is 629 g/mol. The molecule has 45 heavy (non-hydrogen) atoms. The van der Waals surface area contributed by atoms with E-state index >= 15 is 4.39 Å². The summed E-state index contributed by atoms with van der Waals surface area (Å²) in [6.07, 6.45) is 1.02. The zero-order chi connectivity index (χ0) is 31.0. The van der Waals surface area contributed by atoms with Gasteiger partial charge < -0.3 is 24.5 Å². The number of aliphatic hydroxyl groups excluding tert-OH is 1. The van der Waals surface area contributed by atoms with Gasteiger partial charge in [0.25, 0.3) is 0 Å². The van der Waals surface area contributed by atoms with E-state index in [1.54, 1.807) is 12.1 Å². The Morgan fingerprint density at radius 2 is 1.93 bits per heavy atom. The first-order valence-electron chi connectivity index (χ1n) is 15.1. The van der Waals surface area contributed by atoms with E-state index in [0.29, 0.717) is 77.2 Å². The number of halogens is 2. The second-order valence-corrected chi connectivity index (χ2v) is 13.6. The molecule has 4 aliphatic rings. The molecular weight excluding hydrogens is 598 g/mol. The number of rotatable bonds is 5. The maximum Gasteiger partial charge on any atom is 0.228 e. The number of thiazole rings is 1. The summed E-state index contributed by atoms with van der Waals surface area (Å²) in [4.78, 5) is 28.5. The molecule has 1 N–H and O–H groups in total. The van der Waals surface area contributed by atoms with Crippen molar-refractivity contribution in [3.8, 4) is 17.3 Å². The van der Waals surface area contributed by atoms with Crippen LogP contribution in [0.2, 0.25) is 0 Å². The van der Waals surface area contributed by atoms with Crippen LogP contribution in [0, 0.1) is 34.3 Å². The highest BCUT2D eigenvalue weighted by molar-refractivity contribution is 7.16. The van der Waals surface area contributed by atoms with Gasteiger partial charge in [-0.15, -0.1) is 0 Å². The van der Waals surface area contributed by atoms with Gasteiger partial charge >= 0.3 is 0 Å². The van der Waals surface area contributed by atoms with Gasteiger partial charge in [0.2, 0.25) is 5.91 Å². The van der Waals surface area contributed by atoms with Crippen LogP contribution in [0.4, 0.5) is 25.3 Å². The van der Waals surface area contributed by atoms with Crippen LogP contribution >= 0.6 is 11.3 Å². The number of pyridine rings is 1. The third kappa shape index (κ3) is 4.56. The summed E-state index contributed by atoms with van der Waals surface area (Å²) >= 11 is 1.20. The average Bonchev–Trinajstić information content (AvgIpc) is 3.76. The fourth-order valence-electron chi connectivity index (χ4n) is 7.34. The van der Waals surface area contributed by atoms with Crippen LogP contribution in [-0.4, -0.2) is 72.3 Å². The number of likely N-dealkylation sites (tertiary alicyclic amines) is 1. The lowest BCUT2D eigenvalue weighted by molar-refractivity contribution is -0.149. The fraction of sp³-hybridized carbons (Fsp3) is 0.394. The number of nitrogens with zero attached hydrogens (tertiary/aromatic N) is 6. The first-order valence-corrected chi connectivity index (χ1v) is 15.9. The summed E-state index contributed by atoms with van der Waals surface area (Å²) in [6.45, 7) is 4.01. The first kappa shape index (κ1) is 28.3. The number of fused-ring (bicyclic) bond motifs is 2. The van der Waals surface area contributed by atoms with Gasteiger partial charge in [-0.2, -0.15) is 5.26 Å². The molecule has 0 bridgehead atoms. The van der Waals surface area contributed by atoms with Gasteiger partial charge in [0.1, 0.15) is 28.0 Å². The topological polar surface area (TPSA) is 106 Å². The summed E-state index contributed by atoms with van der Waals surface area (Å²) in [5.74, 6) is -0.719. The van der Waals surface area contributed by atoms with E-state index in [2.05, 4.69) is 16.0 Å². The number of anilines is 3. The predicted octanol–water partition coefficient (Wildman–Crippen LogP) is 4.94. The van der Waals surface area contributed by atoms with E-state index in [1.807, 2.05) is 22.9 Å². The highest BCUT2D eigenvalue weighted by Crippen LogP contribution is 2.48. The Balaban J connectivity index is 1.13. The van der Waals surface area contributed by atoms with Crippen LogP contribution in [-0.2, 0) is 16.0 Å². The maximum absolute atomic E-state index is 15.9. The minimum Gasteiger partial charge on any atom is -0.387 e. The number of benzene rings is 2. The Kier molecular flexibility index (Phi) is 6.57. The molecule has 1 unspecified atom stereocenters. The van der Waals surface area contributed by atoms with Crippen LogP contribution in [0.25, 0.3) is 22.2 Å². The number of nitriles is 1. The van der Waals surface area contributed by atoms with E-state index in [1.165, 1.54) is 29.5 Å². The molecule has 230 valence electrons. The van der Waals surface area contributed by atoms with E-state index < -0.39 is 11.9 Å². The van der Waals surface area contributed by atoms with Crippen LogP contribution < -0.4 is 9.80 Å². The standard InChI is InChI=1S/C33H30F2N6O3S/c1-39(32-38-27(26(12-36)45-32)18-2-4-20(34)5-3-18)30-22-6-7-25(42)29(22)37-28-23(30)10-21(11-24(28)35)40-14-33(15-40)16-41(17-33)31(43)19-8-9-44-13-19/h2-5,10-11,19,25,42H,6-9,13-17H2,1H3/t19-,25?/m0/s1. The molecule has 1 amide bonds. The molecule has 3 saturated heterocycles. The monoisotopic (exact) mass is 628 g/mol. The van der Waals surface area contributed by atoms with Crippen molar-refractivity contribution in [1.29, 1.82) is 5.26 Å². The molecule has 5 heterocycles. The van der Waals surface area contributed by atoms with Crippen molar-refractivity contribution >= 4 is 44.7 Å². The van der Waals surface area contributed by atoms with Crippen LogP contribution in [0.1, 0.15) is 35.1 Å². The molecule has 1 spiro atoms. The van der Waals surface area contributed by atoms with Crippen molar-refractivity contribution in [3.05, 3.63) is 64.2 Å². The Morgan fingerprint density at radius 3 is 2.64 bits per heavy atom. The van der Waals surface area contributed by atoms with Crippen molar-refractivity contribution in [3.63, 3.8) is 0 Å². The summed E-state index contributed by atoms with van der Waals surface area (Å²) in [6, 6.07) is 11.5. The summed E-state index contributed by atoms with van der Waals surface area (Å²) in [5, 5.41) is 21.8. The first-order chi connectivity index (χ1) is 21.7. The molecule has 3 aliphatic heterocycles. The Labute approximate surface area is 262 Å². The molecule has 0 saturated carbocycles. The fourth-order valence-corrected chi connectivity index (χ4v) is 8.19. The van der Waals surface area contributed by atoms with Crippen molar-refractivity contribution < 1.29 is 23.4 Å². The lowest BCUT2D eigenvalue weighted by Gasteiger charge is -2.61. The Hall–Kier alpha value is -4.18. The van der Waals surface area contributed by atoms with E-state index in [4.69, 9.17) is 9.72 Å². The van der Waals surface area contributed by atoms with Crippen LogP contribution in [0.15, 0.2) is 36.4 Å². The molecule has 12 heteroatoms. The third-order valence-corrected chi connectivity index (χ3v) is 10.7. The normalized spacial score (nSPS) is 21.5. The molecule has 3 fully saturated rings. The SMILES string of the molecule is CN(c1nc(-c2ccc(F)cc2)c(C#N)s1)c1c2c(nc3c(F)cc(N4CC5(CN(C(=O)[C@H]6CCOC6)C5)C4)cc13)C(O)CC2. The quantitative estimate of drug-likeness (QED) is 0.332. The van der Waals surface area contributed by atoms with Crippen molar-refractivity contribution in [2.45, 2.75) is 25.4 Å². The van der Waals surface area contributed by atoms with E-state index in [9.17, 15) is 19.6 Å². The number of aromatic nitrogens is 2. The molecule has 2 aromatic heterocycles. The number of carbonyl (C=O) groups is 1.